The SMILES string of the molecule is CC(CN)(CCc1ccc(F)cc1)NC(=O)OC(C)(C)C. The van der Waals surface area contributed by atoms with E-state index < -0.39 is 17.2 Å². The number of halogens is 1. The van der Waals surface area contributed by atoms with E-state index in [2.05, 4.69) is 5.32 Å². The third kappa shape index (κ3) is 6.58. The Morgan fingerprint density at radius 1 is 1.24 bits per heavy atom. The fourth-order valence-corrected chi connectivity index (χ4v) is 1.84. The highest BCUT2D eigenvalue weighted by atomic mass is 19.1. The predicted molar refractivity (Wildman–Crippen MR) is 81.6 cm³/mol. The van der Waals surface area contributed by atoms with E-state index in [4.69, 9.17) is 10.5 Å². The molecule has 0 aliphatic rings. The molecular formula is C16H25FN2O2. The summed E-state index contributed by atoms with van der Waals surface area (Å²) >= 11 is 0. The summed E-state index contributed by atoms with van der Waals surface area (Å²) in [6.45, 7) is 7.61. The van der Waals surface area contributed by atoms with E-state index in [1.165, 1.54) is 12.1 Å². The van der Waals surface area contributed by atoms with Crippen molar-refractivity contribution in [3.8, 4) is 0 Å². The molecule has 0 aliphatic heterocycles. The number of benzene rings is 1. The highest BCUT2D eigenvalue weighted by molar-refractivity contribution is 5.68. The summed E-state index contributed by atoms with van der Waals surface area (Å²) < 4.78 is 18.1. The van der Waals surface area contributed by atoms with E-state index in [0.29, 0.717) is 19.4 Å². The summed E-state index contributed by atoms with van der Waals surface area (Å²) in [6.07, 6.45) is 0.868. The normalized spacial score (nSPS) is 14.4. The molecular weight excluding hydrogens is 271 g/mol. The van der Waals surface area contributed by atoms with Crippen LogP contribution in [0.15, 0.2) is 24.3 Å². The van der Waals surface area contributed by atoms with E-state index in [9.17, 15) is 9.18 Å². The van der Waals surface area contributed by atoms with Gasteiger partial charge in [0.15, 0.2) is 0 Å². The van der Waals surface area contributed by atoms with Crippen molar-refractivity contribution < 1.29 is 13.9 Å². The van der Waals surface area contributed by atoms with Gasteiger partial charge in [0.2, 0.25) is 0 Å². The number of nitrogens with two attached hydrogens (primary N) is 1. The third-order valence-corrected chi connectivity index (χ3v) is 3.13. The molecule has 1 unspecified atom stereocenters. The van der Waals surface area contributed by atoms with Gasteiger partial charge in [0, 0.05) is 6.54 Å². The van der Waals surface area contributed by atoms with Crippen LogP contribution in [0.3, 0.4) is 0 Å². The number of nitrogens with one attached hydrogen (secondary N) is 1. The molecule has 1 rings (SSSR count). The molecule has 0 radical (unpaired) electrons. The lowest BCUT2D eigenvalue weighted by molar-refractivity contribution is 0.0462. The van der Waals surface area contributed by atoms with Crippen molar-refractivity contribution in [2.24, 2.45) is 5.73 Å². The minimum absolute atomic E-state index is 0.257. The molecule has 0 aromatic heterocycles. The number of hydrogen-bond acceptors (Lipinski definition) is 3. The second kappa shape index (κ2) is 6.89. The van der Waals surface area contributed by atoms with E-state index in [1.54, 1.807) is 12.1 Å². The number of ether oxygens (including phenoxy) is 1. The van der Waals surface area contributed by atoms with Crippen molar-refractivity contribution in [1.29, 1.82) is 0 Å². The maximum atomic E-state index is 12.9. The number of carbonyl (C=O) groups is 1. The fourth-order valence-electron chi connectivity index (χ4n) is 1.84. The highest BCUT2D eigenvalue weighted by Crippen LogP contribution is 2.15. The maximum Gasteiger partial charge on any atom is 0.408 e. The maximum absolute atomic E-state index is 12.9. The van der Waals surface area contributed by atoms with Crippen molar-refractivity contribution in [3.63, 3.8) is 0 Å². The van der Waals surface area contributed by atoms with Crippen molar-refractivity contribution in [3.05, 3.63) is 35.6 Å². The molecule has 0 spiro atoms. The first-order chi connectivity index (χ1) is 9.63. The number of amides is 1. The van der Waals surface area contributed by atoms with E-state index >= 15 is 0 Å². The highest BCUT2D eigenvalue weighted by Gasteiger charge is 2.27. The number of aryl methyl sites for hydroxylation is 1. The van der Waals surface area contributed by atoms with Gasteiger partial charge in [-0.3, -0.25) is 0 Å². The summed E-state index contributed by atoms with van der Waals surface area (Å²) in [7, 11) is 0. The van der Waals surface area contributed by atoms with Crippen LogP contribution in [0.4, 0.5) is 9.18 Å². The van der Waals surface area contributed by atoms with Crippen LogP contribution in [0, 0.1) is 5.82 Å². The van der Waals surface area contributed by atoms with Gasteiger partial charge in [-0.25, -0.2) is 9.18 Å². The molecule has 1 amide bonds. The van der Waals surface area contributed by atoms with Gasteiger partial charge in [-0.05, 0) is 58.2 Å². The monoisotopic (exact) mass is 296 g/mol. The molecule has 1 atom stereocenters. The Labute approximate surface area is 125 Å². The lowest BCUT2D eigenvalue weighted by atomic mass is 9.93. The first kappa shape index (κ1) is 17.4. The van der Waals surface area contributed by atoms with E-state index in [-0.39, 0.29) is 5.82 Å². The van der Waals surface area contributed by atoms with Crippen LogP contribution < -0.4 is 11.1 Å². The van der Waals surface area contributed by atoms with Crippen LogP contribution in [-0.2, 0) is 11.2 Å². The smallest absolute Gasteiger partial charge is 0.408 e. The zero-order valence-corrected chi connectivity index (χ0v) is 13.2. The Bertz CT molecular complexity index is 468. The van der Waals surface area contributed by atoms with Gasteiger partial charge in [-0.2, -0.15) is 0 Å². The molecule has 1 aromatic carbocycles. The average molecular weight is 296 g/mol. The molecule has 3 N–H and O–H groups in total. The Hall–Kier alpha value is -1.62. The standard InChI is InChI=1S/C16H25FN2O2/c1-15(2,3)21-14(20)19-16(4,11-18)10-9-12-5-7-13(17)8-6-12/h5-8H,9-11,18H2,1-4H3,(H,19,20). The quantitative estimate of drug-likeness (QED) is 0.878. The third-order valence-electron chi connectivity index (χ3n) is 3.13. The lowest BCUT2D eigenvalue weighted by Crippen LogP contribution is -2.52. The van der Waals surface area contributed by atoms with Crippen LogP contribution in [-0.4, -0.2) is 23.8 Å². The molecule has 0 heterocycles. The Morgan fingerprint density at radius 3 is 2.29 bits per heavy atom. The van der Waals surface area contributed by atoms with Gasteiger partial charge in [0.05, 0.1) is 5.54 Å². The number of carbonyl (C=O) groups excluding carboxylic acids is 1. The first-order valence-corrected chi connectivity index (χ1v) is 7.09. The van der Waals surface area contributed by atoms with Crippen LogP contribution in [0.5, 0.6) is 0 Å². The zero-order chi connectivity index (χ0) is 16.1. The molecule has 5 heteroatoms. The summed E-state index contributed by atoms with van der Waals surface area (Å²) in [4.78, 5) is 11.9. The number of hydrogen-bond donors (Lipinski definition) is 2. The van der Waals surface area contributed by atoms with Gasteiger partial charge < -0.3 is 15.8 Å². The molecule has 0 bridgehead atoms. The zero-order valence-electron chi connectivity index (χ0n) is 13.2. The summed E-state index contributed by atoms with van der Waals surface area (Å²) in [5.41, 5.74) is 5.68. The first-order valence-electron chi connectivity index (χ1n) is 7.09. The van der Waals surface area contributed by atoms with Crippen molar-refractivity contribution in [2.75, 3.05) is 6.54 Å². The van der Waals surface area contributed by atoms with Gasteiger partial charge in [-0.15, -0.1) is 0 Å². The van der Waals surface area contributed by atoms with Crippen LogP contribution >= 0.6 is 0 Å². The summed E-state index contributed by atoms with van der Waals surface area (Å²) in [6, 6.07) is 6.33. The molecule has 21 heavy (non-hydrogen) atoms. The van der Waals surface area contributed by atoms with Gasteiger partial charge in [0.1, 0.15) is 11.4 Å². The number of alkyl carbamates (subject to hydrolysis) is 1. The molecule has 4 nitrogen and oxygen atoms in total. The Morgan fingerprint density at radius 2 is 1.81 bits per heavy atom. The van der Waals surface area contributed by atoms with Crippen molar-refractivity contribution in [2.45, 2.75) is 51.7 Å². The van der Waals surface area contributed by atoms with Gasteiger partial charge in [-0.1, -0.05) is 12.1 Å². The topological polar surface area (TPSA) is 64.3 Å². The average Bonchev–Trinajstić information content (AvgIpc) is 2.36. The van der Waals surface area contributed by atoms with E-state index in [1.807, 2.05) is 27.7 Å². The van der Waals surface area contributed by atoms with E-state index in [0.717, 1.165) is 5.56 Å². The molecule has 0 aliphatic carbocycles. The van der Waals surface area contributed by atoms with Crippen molar-refractivity contribution >= 4 is 6.09 Å². The summed E-state index contributed by atoms with van der Waals surface area (Å²) in [5.74, 6) is -0.257. The second-order valence-corrected chi connectivity index (χ2v) is 6.52. The molecule has 0 saturated heterocycles. The van der Waals surface area contributed by atoms with Crippen molar-refractivity contribution in [1.82, 2.24) is 5.32 Å². The molecule has 118 valence electrons. The van der Waals surface area contributed by atoms with Crippen LogP contribution in [0.25, 0.3) is 0 Å². The van der Waals surface area contributed by atoms with Crippen LogP contribution in [0.1, 0.15) is 39.7 Å². The van der Waals surface area contributed by atoms with Crippen LogP contribution in [0.2, 0.25) is 0 Å². The molecule has 1 aromatic rings. The lowest BCUT2D eigenvalue weighted by Gasteiger charge is -2.31. The molecule has 0 saturated carbocycles. The predicted octanol–water partition coefficient (Wildman–Crippen LogP) is 3.00. The minimum Gasteiger partial charge on any atom is -0.444 e. The minimum atomic E-state index is -0.559. The molecule has 0 fully saturated rings. The van der Waals surface area contributed by atoms with Gasteiger partial charge >= 0.3 is 6.09 Å². The second-order valence-electron chi connectivity index (χ2n) is 6.52. The largest absolute Gasteiger partial charge is 0.444 e. The Balaban J connectivity index is 2.59. The summed E-state index contributed by atoms with van der Waals surface area (Å²) in [5, 5.41) is 2.82. The number of rotatable bonds is 5. The Kier molecular flexibility index (Phi) is 5.72. The fraction of sp³-hybridized carbons (Fsp3) is 0.562. The van der Waals surface area contributed by atoms with Gasteiger partial charge in [0.25, 0.3) is 0 Å².